The number of aromatic nitrogens is 1. The van der Waals surface area contributed by atoms with Gasteiger partial charge in [0.05, 0.1) is 14.7 Å². The number of hydrogen-bond acceptors (Lipinski definition) is 6. The van der Waals surface area contributed by atoms with E-state index in [-0.39, 0.29) is 16.5 Å². The van der Waals surface area contributed by atoms with E-state index >= 15 is 0 Å². The SMILES string of the molecule is CC(C)N(CCNCCc1ccc(O)c2[nH]c(=O)sc12)CCC(=O)NCCc1ccc(Cl)c(Cl)c1. The zero-order valence-electron chi connectivity index (χ0n) is 20.0. The highest BCUT2D eigenvalue weighted by molar-refractivity contribution is 7.16. The largest absolute Gasteiger partial charge is 0.506 e. The van der Waals surface area contributed by atoms with E-state index in [1.54, 1.807) is 12.1 Å². The molecular formula is C25H32Cl2N4O3S. The predicted octanol–water partition coefficient (Wildman–Crippen LogP) is 4.19. The van der Waals surface area contributed by atoms with E-state index in [0.717, 1.165) is 53.2 Å². The Balaban J connectivity index is 1.35. The maximum atomic E-state index is 12.3. The first kappa shape index (κ1) is 27.5. The molecule has 3 aromatic rings. The second kappa shape index (κ2) is 13.3. The second-order valence-corrected chi connectivity index (χ2v) is 10.5. The molecule has 35 heavy (non-hydrogen) atoms. The maximum Gasteiger partial charge on any atom is 0.305 e. The summed E-state index contributed by atoms with van der Waals surface area (Å²) in [5.74, 6) is 0.131. The molecule has 0 aliphatic heterocycles. The molecule has 1 amide bonds. The van der Waals surface area contributed by atoms with E-state index in [4.69, 9.17) is 23.2 Å². The van der Waals surface area contributed by atoms with Gasteiger partial charge in [0.15, 0.2) is 0 Å². The number of halogens is 2. The van der Waals surface area contributed by atoms with Crippen LogP contribution in [0.1, 0.15) is 31.4 Å². The van der Waals surface area contributed by atoms with Crippen LogP contribution in [-0.4, -0.2) is 59.7 Å². The fraction of sp³-hybridized carbons (Fsp3) is 0.440. The fourth-order valence-electron chi connectivity index (χ4n) is 3.84. The topological polar surface area (TPSA) is 97.5 Å². The summed E-state index contributed by atoms with van der Waals surface area (Å²) in [6.07, 6.45) is 1.90. The van der Waals surface area contributed by atoms with Crippen LogP contribution in [0.15, 0.2) is 35.1 Å². The molecule has 1 aromatic heterocycles. The lowest BCUT2D eigenvalue weighted by molar-refractivity contribution is -0.121. The number of H-pyrrole nitrogens is 1. The number of thiazole rings is 1. The number of aromatic amines is 1. The van der Waals surface area contributed by atoms with Crippen molar-refractivity contribution < 1.29 is 9.90 Å². The molecule has 0 unspecified atom stereocenters. The average Bonchev–Trinajstić information content (AvgIpc) is 3.21. The minimum atomic E-state index is -0.165. The average molecular weight is 540 g/mol. The zero-order valence-corrected chi connectivity index (χ0v) is 22.3. The summed E-state index contributed by atoms with van der Waals surface area (Å²) in [6.45, 7) is 7.88. The van der Waals surface area contributed by atoms with Crippen LogP contribution >= 0.6 is 34.5 Å². The maximum absolute atomic E-state index is 12.3. The monoisotopic (exact) mass is 538 g/mol. The third kappa shape index (κ3) is 8.22. The number of aromatic hydroxyl groups is 1. The molecule has 0 bridgehead atoms. The molecule has 4 N–H and O–H groups in total. The van der Waals surface area contributed by atoms with Gasteiger partial charge in [-0.2, -0.15) is 0 Å². The van der Waals surface area contributed by atoms with Crippen LogP contribution in [0.4, 0.5) is 0 Å². The molecule has 0 aliphatic rings. The van der Waals surface area contributed by atoms with Crippen molar-refractivity contribution >= 4 is 50.7 Å². The molecule has 7 nitrogen and oxygen atoms in total. The van der Waals surface area contributed by atoms with E-state index < -0.39 is 0 Å². The molecule has 2 aromatic carbocycles. The van der Waals surface area contributed by atoms with E-state index in [0.29, 0.717) is 47.5 Å². The Morgan fingerprint density at radius 2 is 1.89 bits per heavy atom. The highest BCUT2D eigenvalue weighted by Crippen LogP contribution is 2.27. The molecule has 0 radical (unpaired) electrons. The second-order valence-electron chi connectivity index (χ2n) is 8.69. The van der Waals surface area contributed by atoms with Gasteiger partial charge in [-0.3, -0.25) is 14.5 Å². The number of hydrogen-bond donors (Lipinski definition) is 4. The van der Waals surface area contributed by atoms with Crippen molar-refractivity contribution in [2.75, 3.05) is 32.7 Å². The number of amides is 1. The lowest BCUT2D eigenvalue weighted by Gasteiger charge is -2.26. The van der Waals surface area contributed by atoms with Crippen molar-refractivity contribution in [1.82, 2.24) is 20.5 Å². The van der Waals surface area contributed by atoms with Crippen LogP contribution in [0.5, 0.6) is 5.75 Å². The van der Waals surface area contributed by atoms with Crippen LogP contribution in [0, 0.1) is 0 Å². The number of fused-ring (bicyclic) bond motifs is 1. The van der Waals surface area contributed by atoms with Gasteiger partial charge < -0.3 is 20.7 Å². The number of nitrogens with one attached hydrogen (secondary N) is 3. The molecule has 3 rings (SSSR count). The first-order valence-corrected chi connectivity index (χ1v) is 13.3. The Bertz CT molecular complexity index is 1200. The number of carbonyl (C=O) groups is 1. The van der Waals surface area contributed by atoms with Gasteiger partial charge in [0, 0.05) is 38.6 Å². The molecule has 1 heterocycles. The molecule has 0 saturated carbocycles. The molecule has 0 atom stereocenters. The first-order chi connectivity index (χ1) is 16.7. The standard InChI is InChI=1S/C25H32Cl2N4O3S/c1-16(2)31(13-9-22(33)29-11-7-17-3-5-19(26)20(27)15-17)14-12-28-10-8-18-4-6-21(32)23-24(18)35-25(34)30-23/h3-6,15-16,28,32H,7-14H2,1-2H3,(H,29,33)(H,30,34). The van der Waals surface area contributed by atoms with Gasteiger partial charge in [-0.15, -0.1) is 0 Å². The summed E-state index contributed by atoms with van der Waals surface area (Å²) < 4.78 is 0.811. The molecule has 0 fully saturated rings. The third-order valence-corrected chi connectivity index (χ3v) is 7.56. The highest BCUT2D eigenvalue weighted by atomic mass is 35.5. The summed E-state index contributed by atoms with van der Waals surface area (Å²) in [7, 11) is 0. The van der Waals surface area contributed by atoms with Crippen molar-refractivity contribution in [3.63, 3.8) is 0 Å². The van der Waals surface area contributed by atoms with Crippen LogP contribution < -0.4 is 15.5 Å². The van der Waals surface area contributed by atoms with Crippen LogP contribution in [0.3, 0.4) is 0 Å². The minimum absolute atomic E-state index is 0.0329. The molecular weight excluding hydrogens is 507 g/mol. The molecule has 0 saturated heterocycles. The van der Waals surface area contributed by atoms with E-state index in [2.05, 4.69) is 34.4 Å². The number of benzene rings is 2. The number of phenols is 1. The van der Waals surface area contributed by atoms with Crippen molar-refractivity contribution in [3.05, 3.63) is 61.2 Å². The lowest BCUT2D eigenvalue weighted by Crippen LogP contribution is -2.40. The Hall–Kier alpha value is -2.10. The normalized spacial score (nSPS) is 11.6. The van der Waals surface area contributed by atoms with Crippen molar-refractivity contribution in [2.45, 2.75) is 39.2 Å². The van der Waals surface area contributed by atoms with Gasteiger partial charge in [0.1, 0.15) is 11.3 Å². The van der Waals surface area contributed by atoms with Crippen LogP contribution in [0.25, 0.3) is 10.2 Å². The number of rotatable bonds is 13. The summed E-state index contributed by atoms with van der Waals surface area (Å²) in [5, 5.41) is 17.4. The minimum Gasteiger partial charge on any atom is -0.506 e. The summed E-state index contributed by atoms with van der Waals surface area (Å²) in [5.41, 5.74) is 2.58. The Morgan fingerprint density at radius 3 is 2.63 bits per heavy atom. The molecule has 0 aliphatic carbocycles. The van der Waals surface area contributed by atoms with Gasteiger partial charge in [-0.25, -0.2) is 0 Å². The number of nitrogens with zero attached hydrogens (tertiary/aromatic N) is 1. The van der Waals surface area contributed by atoms with Gasteiger partial charge in [0.25, 0.3) is 0 Å². The van der Waals surface area contributed by atoms with E-state index in [1.807, 2.05) is 18.2 Å². The van der Waals surface area contributed by atoms with Gasteiger partial charge in [0.2, 0.25) is 5.91 Å². The molecule has 0 spiro atoms. The number of carbonyl (C=O) groups excluding carboxylic acids is 1. The van der Waals surface area contributed by atoms with Gasteiger partial charge >= 0.3 is 4.87 Å². The first-order valence-electron chi connectivity index (χ1n) is 11.7. The predicted molar refractivity (Wildman–Crippen MR) is 145 cm³/mol. The van der Waals surface area contributed by atoms with Crippen molar-refractivity contribution in [3.8, 4) is 5.75 Å². The Labute approximate surface area is 219 Å². The van der Waals surface area contributed by atoms with Gasteiger partial charge in [-0.1, -0.05) is 46.7 Å². The highest BCUT2D eigenvalue weighted by Gasteiger charge is 2.12. The third-order valence-electron chi connectivity index (χ3n) is 5.86. The van der Waals surface area contributed by atoms with Crippen molar-refractivity contribution in [2.24, 2.45) is 0 Å². The quantitative estimate of drug-likeness (QED) is 0.244. The summed E-state index contributed by atoms with van der Waals surface area (Å²) in [4.78, 5) is 28.8. The Morgan fingerprint density at radius 1 is 1.09 bits per heavy atom. The lowest BCUT2D eigenvalue weighted by atomic mass is 10.1. The summed E-state index contributed by atoms with van der Waals surface area (Å²) in [6, 6.07) is 9.32. The van der Waals surface area contributed by atoms with E-state index in [9.17, 15) is 14.7 Å². The zero-order chi connectivity index (χ0) is 25.4. The van der Waals surface area contributed by atoms with Crippen LogP contribution in [-0.2, 0) is 17.6 Å². The summed E-state index contributed by atoms with van der Waals surface area (Å²) >= 11 is 13.1. The molecule has 190 valence electrons. The van der Waals surface area contributed by atoms with E-state index in [1.165, 1.54) is 0 Å². The Kier molecular flexibility index (Phi) is 10.4. The molecule has 10 heteroatoms. The van der Waals surface area contributed by atoms with Crippen LogP contribution in [0.2, 0.25) is 10.0 Å². The van der Waals surface area contributed by atoms with Gasteiger partial charge in [-0.05, 0) is 62.6 Å². The smallest absolute Gasteiger partial charge is 0.305 e. The van der Waals surface area contributed by atoms with Crippen molar-refractivity contribution in [1.29, 1.82) is 0 Å². The fourth-order valence-corrected chi connectivity index (χ4v) is 5.06. The number of phenolic OH excluding ortho intramolecular Hbond substituents is 1.